The highest BCUT2D eigenvalue weighted by molar-refractivity contribution is 7.21. The number of alkyl halides is 5. The SMILES string of the molecule is Cc1ccc(-c2cc(C(F)(F)F)nc3sc(C(N)=O)c(NC(=O)C(C)n4nc(C(F)F)cc4C)c23)cc1. The lowest BCUT2D eigenvalue weighted by Gasteiger charge is -2.16. The molecule has 1 atom stereocenters. The number of thiophene rings is 1. The van der Waals surface area contributed by atoms with Crippen molar-refractivity contribution in [3.8, 4) is 11.1 Å². The zero-order chi connectivity index (χ0) is 27.2. The monoisotopic (exact) mass is 537 g/mol. The lowest BCUT2D eigenvalue weighted by molar-refractivity contribution is -0.140. The number of hydrogen-bond acceptors (Lipinski definition) is 5. The van der Waals surface area contributed by atoms with E-state index >= 15 is 0 Å². The second-order valence-corrected chi connectivity index (χ2v) is 9.39. The van der Waals surface area contributed by atoms with Crippen molar-refractivity contribution in [2.24, 2.45) is 5.73 Å². The molecule has 0 radical (unpaired) electrons. The lowest BCUT2D eigenvalue weighted by atomic mass is 10.00. The average molecular weight is 538 g/mol. The van der Waals surface area contributed by atoms with Crippen molar-refractivity contribution in [2.45, 2.75) is 39.4 Å². The molecule has 4 aromatic rings. The molecule has 13 heteroatoms. The highest BCUT2D eigenvalue weighted by atomic mass is 32.1. The number of anilines is 1. The van der Waals surface area contributed by atoms with Gasteiger partial charge >= 0.3 is 6.18 Å². The average Bonchev–Trinajstić information content (AvgIpc) is 3.39. The third kappa shape index (κ3) is 5.03. The first kappa shape index (κ1) is 26.2. The van der Waals surface area contributed by atoms with E-state index < -0.39 is 41.8 Å². The molecule has 0 saturated heterocycles. The Hall–Kier alpha value is -3.87. The van der Waals surface area contributed by atoms with Gasteiger partial charge < -0.3 is 11.1 Å². The second-order valence-electron chi connectivity index (χ2n) is 8.39. The molecular formula is C24H20F5N5O2S. The fourth-order valence-corrected chi connectivity index (χ4v) is 4.85. The van der Waals surface area contributed by atoms with E-state index in [4.69, 9.17) is 5.73 Å². The first-order valence-corrected chi connectivity index (χ1v) is 11.7. The molecule has 1 aromatic carbocycles. The van der Waals surface area contributed by atoms with E-state index in [1.807, 2.05) is 6.92 Å². The second kappa shape index (κ2) is 9.54. The van der Waals surface area contributed by atoms with Crippen LogP contribution in [0, 0.1) is 13.8 Å². The van der Waals surface area contributed by atoms with Crippen LogP contribution in [0.2, 0.25) is 0 Å². The number of nitrogens with zero attached hydrogens (tertiary/aromatic N) is 3. The number of carbonyl (C=O) groups is 2. The van der Waals surface area contributed by atoms with Gasteiger partial charge in [0.15, 0.2) is 0 Å². The van der Waals surface area contributed by atoms with Crippen LogP contribution in [0.3, 0.4) is 0 Å². The molecule has 1 unspecified atom stereocenters. The first-order valence-electron chi connectivity index (χ1n) is 10.8. The number of carbonyl (C=O) groups excluding carboxylic acids is 2. The molecule has 0 aliphatic carbocycles. The summed E-state index contributed by atoms with van der Waals surface area (Å²) in [6.07, 6.45) is -7.62. The number of amides is 2. The molecule has 0 saturated carbocycles. The Labute approximate surface area is 211 Å². The number of nitrogens with two attached hydrogens (primary N) is 1. The van der Waals surface area contributed by atoms with Crippen molar-refractivity contribution >= 4 is 39.1 Å². The largest absolute Gasteiger partial charge is 0.433 e. The molecule has 3 N–H and O–H groups in total. The maximum absolute atomic E-state index is 13.7. The molecular weight excluding hydrogens is 517 g/mol. The van der Waals surface area contributed by atoms with E-state index in [1.54, 1.807) is 24.3 Å². The number of nitrogens with one attached hydrogen (secondary N) is 1. The predicted molar refractivity (Wildman–Crippen MR) is 129 cm³/mol. The third-order valence-corrected chi connectivity index (χ3v) is 6.80. The van der Waals surface area contributed by atoms with Crippen LogP contribution in [0.5, 0.6) is 0 Å². The maximum Gasteiger partial charge on any atom is 0.433 e. The normalized spacial score (nSPS) is 12.8. The number of pyridine rings is 1. The third-order valence-electron chi connectivity index (χ3n) is 5.70. The van der Waals surface area contributed by atoms with E-state index in [9.17, 15) is 31.5 Å². The first-order chi connectivity index (χ1) is 17.3. The van der Waals surface area contributed by atoms with Crippen LogP contribution in [-0.4, -0.2) is 26.6 Å². The molecule has 7 nitrogen and oxygen atoms in total. The Bertz CT molecular complexity index is 1510. The summed E-state index contributed by atoms with van der Waals surface area (Å²) >= 11 is 0.613. The van der Waals surface area contributed by atoms with Crippen molar-refractivity contribution in [3.05, 3.63) is 63.9 Å². The van der Waals surface area contributed by atoms with Gasteiger partial charge in [-0.15, -0.1) is 11.3 Å². The predicted octanol–water partition coefficient (Wildman–Crippen LogP) is 6.03. The van der Waals surface area contributed by atoms with E-state index in [1.165, 1.54) is 13.8 Å². The maximum atomic E-state index is 13.7. The lowest BCUT2D eigenvalue weighted by Crippen LogP contribution is -2.26. The molecule has 0 fully saturated rings. The van der Waals surface area contributed by atoms with Gasteiger partial charge in [-0.3, -0.25) is 14.3 Å². The number of hydrogen-bond donors (Lipinski definition) is 2. The van der Waals surface area contributed by atoms with Crippen LogP contribution in [0.25, 0.3) is 21.3 Å². The summed E-state index contributed by atoms with van der Waals surface area (Å²) in [6, 6.07) is 7.51. The Morgan fingerprint density at radius 2 is 1.76 bits per heavy atom. The molecule has 0 aliphatic rings. The Kier molecular flexibility index (Phi) is 6.76. The standard InChI is InChI=1S/C24H20F5N5O2S/c1-10-4-6-13(7-5-10)14-9-16(24(27,28)29)31-23-17(14)18(19(37-23)21(30)35)32-22(36)12(3)34-11(2)8-15(33-34)20(25)26/h4-9,12,20H,1-3H3,(H2,30,35)(H,32,36). The number of benzene rings is 1. The minimum atomic E-state index is -4.78. The molecule has 4 rings (SSSR count). The number of primary amides is 1. The van der Waals surface area contributed by atoms with E-state index in [0.717, 1.165) is 22.4 Å². The minimum Gasteiger partial charge on any atom is -0.365 e. The molecule has 3 aromatic heterocycles. The van der Waals surface area contributed by atoms with Gasteiger partial charge in [0.25, 0.3) is 12.3 Å². The van der Waals surface area contributed by atoms with Crippen molar-refractivity contribution < 1.29 is 31.5 Å². The van der Waals surface area contributed by atoms with Gasteiger partial charge in [0, 0.05) is 11.1 Å². The highest BCUT2D eigenvalue weighted by Gasteiger charge is 2.35. The van der Waals surface area contributed by atoms with Crippen molar-refractivity contribution in [1.29, 1.82) is 0 Å². The minimum absolute atomic E-state index is 0.0827. The quantitative estimate of drug-likeness (QED) is 0.293. The summed E-state index contributed by atoms with van der Waals surface area (Å²) in [7, 11) is 0. The fraction of sp³-hybridized carbons (Fsp3) is 0.250. The molecule has 0 spiro atoms. The molecule has 37 heavy (non-hydrogen) atoms. The molecule has 0 aliphatic heterocycles. The molecule has 3 heterocycles. The summed E-state index contributed by atoms with van der Waals surface area (Å²) in [5, 5.41) is 6.43. The van der Waals surface area contributed by atoms with Gasteiger partial charge in [0.2, 0.25) is 5.91 Å². The molecule has 0 bridgehead atoms. The number of halogens is 5. The Morgan fingerprint density at radius 3 is 2.30 bits per heavy atom. The van der Waals surface area contributed by atoms with E-state index in [2.05, 4.69) is 15.4 Å². The Morgan fingerprint density at radius 1 is 1.11 bits per heavy atom. The van der Waals surface area contributed by atoms with Crippen molar-refractivity contribution in [2.75, 3.05) is 5.32 Å². The van der Waals surface area contributed by atoms with Crippen LogP contribution in [0.1, 0.15) is 51.7 Å². The highest BCUT2D eigenvalue weighted by Crippen LogP contribution is 2.44. The zero-order valence-electron chi connectivity index (χ0n) is 19.7. The number of fused-ring (bicyclic) bond motifs is 1. The summed E-state index contributed by atoms with van der Waals surface area (Å²) < 4.78 is 68.2. The summed E-state index contributed by atoms with van der Waals surface area (Å²) in [5.74, 6) is -1.73. The summed E-state index contributed by atoms with van der Waals surface area (Å²) in [6.45, 7) is 4.71. The summed E-state index contributed by atoms with van der Waals surface area (Å²) in [5.41, 5.74) is 5.34. The van der Waals surface area contributed by atoms with Crippen LogP contribution < -0.4 is 11.1 Å². The number of rotatable bonds is 6. The Balaban J connectivity index is 1.89. The van der Waals surface area contributed by atoms with Crippen LogP contribution in [0.4, 0.5) is 27.6 Å². The van der Waals surface area contributed by atoms with E-state index in [0.29, 0.717) is 22.6 Å². The van der Waals surface area contributed by atoms with Gasteiger partial charge in [-0.2, -0.15) is 18.3 Å². The molecule has 2 amide bonds. The number of aromatic nitrogens is 3. The van der Waals surface area contributed by atoms with E-state index in [-0.39, 0.29) is 26.3 Å². The van der Waals surface area contributed by atoms with Gasteiger partial charge in [-0.1, -0.05) is 29.8 Å². The van der Waals surface area contributed by atoms with Crippen LogP contribution in [-0.2, 0) is 11.0 Å². The van der Waals surface area contributed by atoms with Crippen molar-refractivity contribution in [1.82, 2.24) is 14.8 Å². The zero-order valence-corrected chi connectivity index (χ0v) is 20.5. The topological polar surface area (TPSA) is 103 Å². The van der Waals surface area contributed by atoms with Gasteiger partial charge in [0.05, 0.1) is 5.69 Å². The summed E-state index contributed by atoms with van der Waals surface area (Å²) in [4.78, 5) is 28.8. The van der Waals surface area contributed by atoms with Gasteiger partial charge in [-0.25, -0.2) is 13.8 Å². The van der Waals surface area contributed by atoms with Gasteiger partial charge in [0.1, 0.15) is 27.1 Å². The number of aryl methyl sites for hydroxylation is 2. The van der Waals surface area contributed by atoms with Crippen LogP contribution in [0.15, 0.2) is 36.4 Å². The van der Waals surface area contributed by atoms with Gasteiger partial charge in [-0.05, 0) is 44.0 Å². The van der Waals surface area contributed by atoms with Crippen LogP contribution >= 0.6 is 11.3 Å². The smallest absolute Gasteiger partial charge is 0.365 e. The fourth-order valence-electron chi connectivity index (χ4n) is 3.85. The molecule has 194 valence electrons. The van der Waals surface area contributed by atoms with Crippen molar-refractivity contribution in [3.63, 3.8) is 0 Å².